The van der Waals surface area contributed by atoms with Crippen LogP contribution in [-0.2, 0) is 24.0 Å². The Morgan fingerprint density at radius 2 is 1.43 bits per heavy atom. The highest BCUT2D eigenvalue weighted by atomic mass is 16.4. The van der Waals surface area contributed by atoms with E-state index >= 15 is 0 Å². The van der Waals surface area contributed by atoms with Gasteiger partial charge in [0, 0.05) is 6.42 Å². The molecule has 23 heavy (non-hydrogen) atoms. The first-order chi connectivity index (χ1) is 10.6. The molecule has 0 aliphatic carbocycles. The largest absolute Gasteiger partial charge is 0.481 e. The van der Waals surface area contributed by atoms with E-state index in [-0.39, 0.29) is 19.3 Å². The molecule has 0 fully saturated rings. The lowest BCUT2D eigenvalue weighted by atomic mass is 9.99. The van der Waals surface area contributed by atoms with Crippen LogP contribution in [0.25, 0.3) is 0 Å². The van der Waals surface area contributed by atoms with Gasteiger partial charge < -0.3 is 31.5 Å². The molecule has 0 radical (unpaired) electrons. The SMILES string of the molecule is N[C@@H](CC(C(=O)O)C(=O)O)C(=O)N[C@H](CCCC(=O)O)C(=O)O. The molecule has 11 nitrogen and oxygen atoms in total. The third-order valence-corrected chi connectivity index (χ3v) is 2.92. The van der Waals surface area contributed by atoms with Crippen LogP contribution in [0.4, 0.5) is 0 Å². The number of nitrogens with two attached hydrogens (primary N) is 1. The number of hydrogen-bond donors (Lipinski definition) is 6. The molecule has 0 spiro atoms. The minimum absolute atomic E-state index is 0.00526. The Balaban J connectivity index is 4.66. The van der Waals surface area contributed by atoms with Gasteiger partial charge in [0.05, 0.1) is 6.04 Å². The van der Waals surface area contributed by atoms with E-state index in [2.05, 4.69) is 0 Å². The topological polar surface area (TPSA) is 204 Å². The van der Waals surface area contributed by atoms with Gasteiger partial charge in [0.15, 0.2) is 5.92 Å². The van der Waals surface area contributed by atoms with E-state index in [1.807, 2.05) is 5.32 Å². The maximum absolute atomic E-state index is 11.7. The van der Waals surface area contributed by atoms with E-state index in [4.69, 9.17) is 26.2 Å². The number of carboxylic acids is 4. The highest BCUT2D eigenvalue weighted by Gasteiger charge is 2.32. The second-order valence-electron chi connectivity index (χ2n) is 4.76. The zero-order valence-corrected chi connectivity index (χ0v) is 12.0. The summed E-state index contributed by atoms with van der Waals surface area (Å²) in [6.45, 7) is 0. The van der Waals surface area contributed by atoms with Crippen LogP contribution in [0.2, 0.25) is 0 Å². The number of hydrogen-bond acceptors (Lipinski definition) is 6. The first-order valence-electron chi connectivity index (χ1n) is 6.52. The van der Waals surface area contributed by atoms with Gasteiger partial charge in [-0.1, -0.05) is 0 Å². The van der Waals surface area contributed by atoms with Gasteiger partial charge in [-0.15, -0.1) is 0 Å². The fourth-order valence-corrected chi connectivity index (χ4v) is 1.66. The third kappa shape index (κ3) is 7.76. The predicted molar refractivity (Wildman–Crippen MR) is 72.4 cm³/mol. The lowest BCUT2D eigenvalue weighted by Crippen LogP contribution is -2.49. The zero-order chi connectivity index (χ0) is 18.2. The summed E-state index contributed by atoms with van der Waals surface area (Å²) in [5.41, 5.74) is 5.39. The van der Waals surface area contributed by atoms with Crippen LogP contribution < -0.4 is 11.1 Å². The Bertz CT molecular complexity index is 477. The molecule has 11 heteroatoms. The van der Waals surface area contributed by atoms with E-state index in [9.17, 15) is 24.0 Å². The molecule has 0 bridgehead atoms. The van der Waals surface area contributed by atoms with Crippen LogP contribution in [0.15, 0.2) is 0 Å². The van der Waals surface area contributed by atoms with Crippen molar-refractivity contribution >= 4 is 29.8 Å². The number of carboxylic acid groups (broad SMARTS) is 4. The molecule has 0 unspecified atom stereocenters. The number of carbonyl (C=O) groups excluding carboxylic acids is 1. The van der Waals surface area contributed by atoms with E-state index in [0.29, 0.717) is 0 Å². The lowest BCUT2D eigenvalue weighted by molar-refractivity contribution is -0.155. The van der Waals surface area contributed by atoms with Crippen molar-refractivity contribution in [3.05, 3.63) is 0 Å². The summed E-state index contributed by atoms with van der Waals surface area (Å²) in [5, 5.41) is 36.8. The van der Waals surface area contributed by atoms with E-state index in [1.54, 1.807) is 0 Å². The molecule has 0 saturated heterocycles. The van der Waals surface area contributed by atoms with Crippen LogP contribution in [0, 0.1) is 5.92 Å². The quantitative estimate of drug-likeness (QED) is 0.236. The zero-order valence-electron chi connectivity index (χ0n) is 12.0. The van der Waals surface area contributed by atoms with Crippen molar-refractivity contribution in [2.24, 2.45) is 11.7 Å². The molecule has 0 saturated carbocycles. The smallest absolute Gasteiger partial charge is 0.326 e. The van der Waals surface area contributed by atoms with Gasteiger partial charge in [-0.3, -0.25) is 19.2 Å². The molecule has 0 aromatic heterocycles. The van der Waals surface area contributed by atoms with Crippen molar-refractivity contribution in [3.63, 3.8) is 0 Å². The van der Waals surface area contributed by atoms with Gasteiger partial charge in [0.2, 0.25) is 5.91 Å². The monoisotopic (exact) mass is 334 g/mol. The summed E-state index contributed by atoms with van der Waals surface area (Å²) < 4.78 is 0. The first kappa shape index (κ1) is 20.3. The van der Waals surface area contributed by atoms with Crippen molar-refractivity contribution < 1.29 is 44.4 Å². The van der Waals surface area contributed by atoms with Crippen LogP contribution in [0.5, 0.6) is 0 Å². The highest BCUT2D eigenvalue weighted by Crippen LogP contribution is 2.08. The summed E-state index contributed by atoms with van der Waals surface area (Å²) >= 11 is 0. The number of aliphatic carboxylic acids is 4. The average molecular weight is 334 g/mol. The fraction of sp³-hybridized carbons (Fsp3) is 0.583. The van der Waals surface area contributed by atoms with Crippen LogP contribution in [0.1, 0.15) is 25.7 Å². The van der Waals surface area contributed by atoms with Gasteiger partial charge in [-0.25, -0.2) is 4.79 Å². The van der Waals surface area contributed by atoms with Crippen molar-refractivity contribution in [3.8, 4) is 0 Å². The third-order valence-electron chi connectivity index (χ3n) is 2.92. The summed E-state index contributed by atoms with van der Waals surface area (Å²) in [4.78, 5) is 54.5. The average Bonchev–Trinajstić information content (AvgIpc) is 2.41. The lowest BCUT2D eigenvalue weighted by Gasteiger charge is -2.18. The summed E-state index contributed by atoms with van der Waals surface area (Å²) in [7, 11) is 0. The minimum atomic E-state index is -1.90. The Kier molecular flexibility index (Phi) is 8.26. The Morgan fingerprint density at radius 3 is 1.83 bits per heavy atom. The van der Waals surface area contributed by atoms with Crippen molar-refractivity contribution in [1.82, 2.24) is 5.32 Å². The Hall–Kier alpha value is -2.69. The normalized spacial score (nSPS) is 13.1. The van der Waals surface area contributed by atoms with Crippen molar-refractivity contribution in [1.29, 1.82) is 0 Å². The first-order valence-corrected chi connectivity index (χ1v) is 6.52. The second kappa shape index (κ2) is 9.35. The summed E-state index contributed by atoms with van der Waals surface area (Å²) in [6, 6.07) is -2.94. The van der Waals surface area contributed by atoms with Crippen LogP contribution in [0.3, 0.4) is 0 Å². The second-order valence-corrected chi connectivity index (χ2v) is 4.76. The van der Waals surface area contributed by atoms with Crippen molar-refractivity contribution in [2.75, 3.05) is 0 Å². The molecule has 2 atom stereocenters. The molecule has 0 aromatic rings. The Labute approximate surface area is 130 Å². The van der Waals surface area contributed by atoms with Gasteiger partial charge in [0.1, 0.15) is 6.04 Å². The molecule has 0 aliphatic rings. The molecular weight excluding hydrogens is 316 g/mol. The van der Waals surface area contributed by atoms with Gasteiger partial charge in [0.25, 0.3) is 0 Å². The molecule has 0 aliphatic heterocycles. The Morgan fingerprint density at radius 1 is 0.913 bits per heavy atom. The summed E-state index contributed by atoms with van der Waals surface area (Å²) in [5.74, 6) is -8.80. The highest BCUT2D eigenvalue weighted by molar-refractivity contribution is 5.94. The number of amides is 1. The van der Waals surface area contributed by atoms with Gasteiger partial charge in [-0.2, -0.15) is 0 Å². The van der Waals surface area contributed by atoms with Crippen LogP contribution in [-0.4, -0.2) is 62.3 Å². The number of nitrogens with one attached hydrogen (secondary N) is 1. The molecule has 0 rings (SSSR count). The van der Waals surface area contributed by atoms with Crippen molar-refractivity contribution in [2.45, 2.75) is 37.8 Å². The molecule has 1 amide bonds. The van der Waals surface area contributed by atoms with Gasteiger partial charge in [-0.05, 0) is 19.3 Å². The fourth-order valence-electron chi connectivity index (χ4n) is 1.66. The van der Waals surface area contributed by atoms with E-state index < -0.39 is 54.2 Å². The maximum Gasteiger partial charge on any atom is 0.326 e. The summed E-state index contributed by atoms with van der Waals surface area (Å²) in [6.07, 6.45) is -1.17. The standard InChI is InChI=1S/C12H18N2O9/c13-6(4-5(10(18)19)11(20)21)9(17)14-7(12(22)23)2-1-3-8(15)16/h5-7H,1-4,13H2,(H,14,17)(H,15,16)(H,18,19)(H,20,21)(H,22,23)/t6-,7+/m0/s1. The van der Waals surface area contributed by atoms with Gasteiger partial charge >= 0.3 is 23.9 Å². The molecule has 0 aromatic carbocycles. The van der Waals surface area contributed by atoms with Crippen LogP contribution >= 0.6 is 0 Å². The molecule has 0 heterocycles. The number of rotatable bonds is 11. The number of carbonyl (C=O) groups is 5. The maximum atomic E-state index is 11.7. The van der Waals surface area contributed by atoms with E-state index in [1.165, 1.54) is 0 Å². The molecule has 7 N–H and O–H groups in total. The molecular formula is C12H18N2O9. The predicted octanol–water partition coefficient (Wildman–Crippen LogP) is -1.69. The minimum Gasteiger partial charge on any atom is -0.481 e. The molecule has 130 valence electrons. The van der Waals surface area contributed by atoms with E-state index in [0.717, 1.165) is 0 Å².